The Morgan fingerprint density at radius 1 is 1.44 bits per heavy atom. The number of anilines is 1. The fourth-order valence-electron chi connectivity index (χ4n) is 1.68. The molecule has 0 aliphatic carbocycles. The third-order valence-corrected chi connectivity index (χ3v) is 2.42. The Hall–Kier alpha value is -1.84. The van der Waals surface area contributed by atoms with Crippen LogP contribution in [0.4, 0.5) is 10.1 Å². The van der Waals surface area contributed by atoms with Gasteiger partial charge in [-0.2, -0.15) is 0 Å². The number of nitrogen functional groups attached to an aromatic ring is 1. The fourth-order valence-corrected chi connectivity index (χ4v) is 1.68. The van der Waals surface area contributed by atoms with Crippen LogP contribution in [-0.2, 0) is 6.42 Å². The average Bonchev–Trinajstić information content (AvgIpc) is 2.67. The summed E-state index contributed by atoms with van der Waals surface area (Å²) in [6, 6.07) is 4.69. The van der Waals surface area contributed by atoms with Crippen LogP contribution >= 0.6 is 0 Å². The second-order valence-corrected chi connectivity index (χ2v) is 3.67. The van der Waals surface area contributed by atoms with Crippen molar-refractivity contribution in [1.29, 1.82) is 0 Å². The van der Waals surface area contributed by atoms with Crippen LogP contribution in [0.25, 0.3) is 5.69 Å². The van der Waals surface area contributed by atoms with Gasteiger partial charge in [-0.1, -0.05) is 6.92 Å². The van der Waals surface area contributed by atoms with Crippen LogP contribution in [-0.4, -0.2) is 9.55 Å². The highest BCUT2D eigenvalue weighted by atomic mass is 19.1. The molecule has 0 bridgehead atoms. The van der Waals surface area contributed by atoms with Gasteiger partial charge in [0.05, 0.1) is 5.69 Å². The highest BCUT2D eigenvalue weighted by molar-refractivity contribution is 5.46. The van der Waals surface area contributed by atoms with Crippen LogP contribution in [0.3, 0.4) is 0 Å². The lowest BCUT2D eigenvalue weighted by Gasteiger charge is -2.08. The summed E-state index contributed by atoms with van der Waals surface area (Å²) in [6.45, 7) is 2.07. The average molecular weight is 219 g/mol. The molecule has 1 aromatic carbocycles. The van der Waals surface area contributed by atoms with E-state index in [9.17, 15) is 4.39 Å². The van der Waals surface area contributed by atoms with Gasteiger partial charge in [0.25, 0.3) is 0 Å². The molecule has 0 radical (unpaired) electrons. The Labute approximate surface area is 93.7 Å². The van der Waals surface area contributed by atoms with Crippen LogP contribution < -0.4 is 5.73 Å². The fraction of sp³-hybridized carbons (Fsp3) is 0.250. The van der Waals surface area contributed by atoms with Gasteiger partial charge >= 0.3 is 0 Å². The number of halogens is 1. The van der Waals surface area contributed by atoms with Crippen LogP contribution in [0, 0.1) is 5.82 Å². The molecule has 1 heterocycles. The minimum absolute atomic E-state index is 0.324. The standard InChI is InChI=1S/C12H14FN3/c1-2-3-12-15-6-7-16(12)11-5-4-9(14)8-10(11)13/h4-8H,2-3,14H2,1H3. The first-order chi connectivity index (χ1) is 7.72. The summed E-state index contributed by atoms with van der Waals surface area (Å²) in [6.07, 6.45) is 5.25. The summed E-state index contributed by atoms with van der Waals surface area (Å²) in [4.78, 5) is 4.21. The van der Waals surface area contributed by atoms with Crippen LogP contribution in [0.1, 0.15) is 19.2 Å². The summed E-state index contributed by atoms with van der Waals surface area (Å²) in [7, 11) is 0. The molecule has 2 N–H and O–H groups in total. The first-order valence-electron chi connectivity index (χ1n) is 5.30. The lowest BCUT2D eigenvalue weighted by Crippen LogP contribution is -2.03. The molecule has 16 heavy (non-hydrogen) atoms. The SMILES string of the molecule is CCCc1nccn1-c1ccc(N)cc1F. The van der Waals surface area contributed by atoms with E-state index in [-0.39, 0.29) is 5.82 Å². The maximum absolute atomic E-state index is 13.7. The number of hydrogen-bond acceptors (Lipinski definition) is 2. The number of aromatic nitrogens is 2. The van der Waals surface area contributed by atoms with Crippen molar-refractivity contribution in [3.8, 4) is 5.69 Å². The zero-order chi connectivity index (χ0) is 11.5. The number of hydrogen-bond donors (Lipinski definition) is 1. The summed E-state index contributed by atoms with van der Waals surface area (Å²) in [5.74, 6) is 0.543. The molecule has 84 valence electrons. The van der Waals surface area contributed by atoms with Crippen molar-refractivity contribution in [2.45, 2.75) is 19.8 Å². The second kappa shape index (κ2) is 4.35. The Morgan fingerprint density at radius 3 is 2.94 bits per heavy atom. The molecule has 4 heteroatoms. The van der Waals surface area contributed by atoms with Gasteiger partial charge in [-0.05, 0) is 24.6 Å². The van der Waals surface area contributed by atoms with Gasteiger partial charge < -0.3 is 10.3 Å². The highest BCUT2D eigenvalue weighted by Gasteiger charge is 2.08. The van der Waals surface area contributed by atoms with E-state index in [1.54, 1.807) is 29.1 Å². The summed E-state index contributed by atoms with van der Waals surface area (Å²) in [5, 5.41) is 0. The number of aryl methyl sites for hydroxylation is 1. The van der Waals surface area contributed by atoms with Gasteiger partial charge in [0.2, 0.25) is 0 Å². The largest absolute Gasteiger partial charge is 0.399 e. The quantitative estimate of drug-likeness (QED) is 0.806. The minimum atomic E-state index is -0.324. The summed E-state index contributed by atoms with van der Waals surface area (Å²) >= 11 is 0. The second-order valence-electron chi connectivity index (χ2n) is 3.67. The Balaban J connectivity index is 2.46. The molecule has 0 spiro atoms. The van der Waals surface area contributed by atoms with Crippen molar-refractivity contribution < 1.29 is 4.39 Å². The molecule has 2 rings (SSSR count). The molecule has 0 fully saturated rings. The molecule has 0 saturated carbocycles. The van der Waals surface area contributed by atoms with E-state index >= 15 is 0 Å². The minimum Gasteiger partial charge on any atom is -0.399 e. The number of imidazole rings is 1. The van der Waals surface area contributed by atoms with Crippen LogP contribution in [0.15, 0.2) is 30.6 Å². The monoisotopic (exact) mass is 219 g/mol. The Kier molecular flexibility index (Phi) is 2.90. The van der Waals surface area contributed by atoms with Gasteiger partial charge in [0.1, 0.15) is 11.6 Å². The Bertz CT molecular complexity index is 491. The maximum atomic E-state index is 13.7. The van der Waals surface area contributed by atoms with Crippen molar-refractivity contribution in [1.82, 2.24) is 9.55 Å². The number of rotatable bonds is 3. The van der Waals surface area contributed by atoms with E-state index in [0.29, 0.717) is 11.4 Å². The molecule has 2 aromatic rings. The molecule has 0 aliphatic rings. The molecular formula is C12H14FN3. The molecule has 0 amide bonds. The molecule has 1 aromatic heterocycles. The van der Waals surface area contributed by atoms with Crippen molar-refractivity contribution >= 4 is 5.69 Å². The maximum Gasteiger partial charge on any atom is 0.149 e. The summed E-state index contributed by atoms with van der Waals surface area (Å²) in [5.41, 5.74) is 6.44. The number of nitrogens with two attached hydrogens (primary N) is 1. The summed E-state index contributed by atoms with van der Waals surface area (Å²) < 4.78 is 15.5. The topological polar surface area (TPSA) is 43.8 Å². The first-order valence-corrected chi connectivity index (χ1v) is 5.30. The van der Waals surface area contributed by atoms with Crippen LogP contribution in [0.5, 0.6) is 0 Å². The highest BCUT2D eigenvalue weighted by Crippen LogP contribution is 2.18. The van der Waals surface area contributed by atoms with Gasteiger partial charge in [-0.3, -0.25) is 0 Å². The normalized spacial score (nSPS) is 10.6. The van der Waals surface area contributed by atoms with Crippen LogP contribution in [0.2, 0.25) is 0 Å². The smallest absolute Gasteiger partial charge is 0.149 e. The third kappa shape index (κ3) is 1.91. The molecule has 0 atom stereocenters. The van der Waals surface area contributed by atoms with Gasteiger partial charge in [0, 0.05) is 24.5 Å². The van der Waals surface area contributed by atoms with E-state index in [1.807, 2.05) is 0 Å². The van der Waals surface area contributed by atoms with E-state index < -0.39 is 0 Å². The van der Waals surface area contributed by atoms with Crippen molar-refractivity contribution in [2.24, 2.45) is 0 Å². The Morgan fingerprint density at radius 2 is 2.25 bits per heavy atom. The predicted octanol–water partition coefficient (Wildman–Crippen LogP) is 2.55. The third-order valence-electron chi connectivity index (χ3n) is 2.42. The van der Waals surface area contributed by atoms with E-state index in [4.69, 9.17) is 5.73 Å². The lowest BCUT2D eigenvalue weighted by atomic mass is 10.2. The van der Waals surface area contributed by atoms with Gasteiger partial charge in [0.15, 0.2) is 0 Å². The van der Waals surface area contributed by atoms with Gasteiger partial charge in [-0.25, -0.2) is 9.37 Å². The van der Waals surface area contributed by atoms with E-state index in [2.05, 4.69) is 11.9 Å². The van der Waals surface area contributed by atoms with Crippen molar-refractivity contribution in [3.63, 3.8) is 0 Å². The zero-order valence-electron chi connectivity index (χ0n) is 9.15. The number of nitrogens with zero attached hydrogens (tertiary/aromatic N) is 2. The van der Waals surface area contributed by atoms with Crippen molar-refractivity contribution in [2.75, 3.05) is 5.73 Å². The number of benzene rings is 1. The molecular weight excluding hydrogens is 205 g/mol. The predicted molar refractivity (Wildman–Crippen MR) is 61.9 cm³/mol. The van der Waals surface area contributed by atoms with E-state index in [0.717, 1.165) is 18.7 Å². The zero-order valence-corrected chi connectivity index (χ0v) is 9.15. The van der Waals surface area contributed by atoms with Crippen molar-refractivity contribution in [3.05, 3.63) is 42.2 Å². The van der Waals surface area contributed by atoms with E-state index in [1.165, 1.54) is 6.07 Å². The lowest BCUT2D eigenvalue weighted by molar-refractivity contribution is 0.615. The molecule has 3 nitrogen and oxygen atoms in total. The molecule has 0 saturated heterocycles. The first kappa shape index (κ1) is 10.7. The molecule has 0 unspecified atom stereocenters. The molecule has 0 aliphatic heterocycles. The van der Waals surface area contributed by atoms with Gasteiger partial charge in [-0.15, -0.1) is 0 Å².